The standard InChI is InChI=1S/C9H15N3/c10-8-3-2-6-12(7-8)11-9-4-1-5-9/h1,4-5,8,11H,2-3,6-7,10H2/t8-/m1/s1. The maximum Gasteiger partial charge on any atom is 0.0490 e. The van der Waals surface area contributed by atoms with Crippen LogP contribution in [0.15, 0.2) is 23.9 Å². The van der Waals surface area contributed by atoms with E-state index < -0.39 is 0 Å². The van der Waals surface area contributed by atoms with E-state index in [1.54, 1.807) is 0 Å². The van der Waals surface area contributed by atoms with Gasteiger partial charge in [-0.3, -0.25) is 0 Å². The van der Waals surface area contributed by atoms with Crippen LogP contribution in [0.5, 0.6) is 0 Å². The summed E-state index contributed by atoms with van der Waals surface area (Å²) in [7, 11) is 0. The predicted molar refractivity (Wildman–Crippen MR) is 49.1 cm³/mol. The van der Waals surface area contributed by atoms with Crippen LogP contribution in [0.3, 0.4) is 0 Å². The van der Waals surface area contributed by atoms with Gasteiger partial charge in [0.2, 0.25) is 0 Å². The van der Waals surface area contributed by atoms with Crippen LogP contribution in [0.2, 0.25) is 0 Å². The fourth-order valence-corrected chi connectivity index (χ4v) is 1.56. The SMILES string of the molecule is N[C@@H]1CCCN(NC2=CC=C2)C1. The zero-order chi connectivity index (χ0) is 8.39. The molecule has 0 unspecified atom stereocenters. The third kappa shape index (κ3) is 1.68. The topological polar surface area (TPSA) is 41.3 Å². The van der Waals surface area contributed by atoms with Crippen molar-refractivity contribution >= 4 is 0 Å². The van der Waals surface area contributed by atoms with E-state index in [2.05, 4.69) is 22.6 Å². The molecule has 2 rings (SSSR count). The number of allylic oxidation sites excluding steroid dienone is 3. The maximum atomic E-state index is 5.84. The molecule has 1 fully saturated rings. The molecule has 1 aliphatic carbocycles. The molecule has 66 valence electrons. The molecule has 0 spiro atoms. The molecule has 1 atom stereocenters. The summed E-state index contributed by atoms with van der Waals surface area (Å²) in [6.45, 7) is 2.07. The van der Waals surface area contributed by atoms with Crippen LogP contribution in [0, 0.1) is 0 Å². The van der Waals surface area contributed by atoms with Crippen molar-refractivity contribution in [2.24, 2.45) is 5.73 Å². The quantitative estimate of drug-likeness (QED) is 0.621. The Labute approximate surface area is 72.9 Å². The van der Waals surface area contributed by atoms with Gasteiger partial charge < -0.3 is 11.2 Å². The molecule has 12 heavy (non-hydrogen) atoms. The minimum Gasteiger partial charge on any atom is -0.326 e. The lowest BCUT2D eigenvalue weighted by Gasteiger charge is -2.32. The number of nitrogens with one attached hydrogen (secondary N) is 1. The molecule has 0 radical (unpaired) electrons. The molecule has 3 heteroatoms. The first-order valence-corrected chi connectivity index (χ1v) is 4.50. The Hall–Kier alpha value is -0.800. The van der Waals surface area contributed by atoms with E-state index in [9.17, 15) is 0 Å². The molecule has 3 nitrogen and oxygen atoms in total. The van der Waals surface area contributed by atoms with E-state index in [1.165, 1.54) is 12.1 Å². The second-order valence-electron chi connectivity index (χ2n) is 3.44. The normalized spacial score (nSPS) is 29.4. The summed E-state index contributed by atoms with van der Waals surface area (Å²) < 4.78 is 0. The number of nitrogens with two attached hydrogens (primary N) is 1. The van der Waals surface area contributed by atoms with Gasteiger partial charge in [0, 0.05) is 24.8 Å². The van der Waals surface area contributed by atoms with Gasteiger partial charge in [-0.1, -0.05) is 6.08 Å². The Morgan fingerprint density at radius 3 is 3.00 bits per heavy atom. The van der Waals surface area contributed by atoms with E-state index >= 15 is 0 Å². The lowest BCUT2D eigenvalue weighted by molar-refractivity contribution is 0.161. The zero-order valence-corrected chi connectivity index (χ0v) is 7.16. The number of nitrogens with zero attached hydrogens (tertiary/aromatic N) is 1. The molecule has 0 aromatic heterocycles. The van der Waals surface area contributed by atoms with Gasteiger partial charge in [0.25, 0.3) is 0 Å². The molecule has 0 saturated carbocycles. The molecular formula is C9H15N3. The first-order valence-electron chi connectivity index (χ1n) is 4.50. The van der Waals surface area contributed by atoms with Gasteiger partial charge >= 0.3 is 0 Å². The summed E-state index contributed by atoms with van der Waals surface area (Å²) in [6.07, 6.45) is 8.53. The largest absolute Gasteiger partial charge is 0.326 e. The Bertz CT molecular complexity index is 220. The van der Waals surface area contributed by atoms with Crippen molar-refractivity contribution in [3.05, 3.63) is 23.9 Å². The molecule has 1 saturated heterocycles. The van der Waals surface area contributed by atoms with Crippen LogP contribution in [0.25, 0.3) is 0 Å². The smallest absolute Gasteiger partial charge is 0.0490 e. The third-order valence-electron chi connectivity index (χ3n) is 2.30. The fraction of sp³-hybridized carbons (Fsp3) is 0.556. The van der Waals surface area contributed by atoms with Crippen LogP contribution < -0.4 is 11.2 Å². The first-order chi connectivity index (χ1) is 5.84. The average Bonchev–Trinajstić information content (AvgIpc) is 1.97. The lowest BCUT2D eigenvalue weighted by Crippen LogP contribution is -2.49. The average molecular weight is 165 g/mol. The summed E-state index contributed by atoms with van der Waals surface area (Å²) in [6, 6.07) is 0.343. The van der Waals surface area contributed by atoms with Crippen molar-refractivity contribution in [2.45, 2.75) is 18.9 Å². The van der Waals surface area contributed by atoms with Crippen LogP contribution in [-0.4, -0.2) is 24.1 Å². The van der Waals surface area contributed by atoms with Crippen molar-refractivity contribution < 1.29 is 0 Å². The van der Waals surface area contributed by atoms with E-state index in [-0.39, 0.29) is 0 Å². The Balaban J connectivity index is 1.79. The highest BCUT2D eigenvalue weighted by molar-refractivity contribution is 5.33. The maximum absolute atomic E-state index is 5.84. The molecule has 2 aliphatic rings. The number of piperidine rings is 1. The fourth-order valence-electron chi connectivity index (χ4n) is 1.56. The van der Waals surface area contributed by atoms with E-state index in [0.29, 0.717) is 6.04 Å². The highest BCUT2D eigenvalue weighted by Gasteiger charge is 2.16. The van der Waals surface area contributed by atoms with E-state index in [1.807, 2.05) is 6.08 Å². The van der Waals surface area contributed by atoms with Crippen LogP contribution >= 0.6 is 0 Å². The number of hydrazine groups is 1. The van der Waals surface area contributed by atoms with Gasteiger partial charge in [0.15, 0.2) is 0 Å². The molecule has 1 heterocycles. The second-order valence-corrected chi connectivity index (χ2v) is 3.44. The van der Waals surface area contributed by atoms with Gasteiger partial charge in [-0.15, -0.1) is 0 Å². The highest BCUT2D eigenvalue weighted by Crippen LogP contribution is 2.09. The van der Waals surface area contributed by atoms with E-state index in [0.717, 1.165) is 19.5 Å². The van der Waals surface area contributed by atoms with Crippen molar-refractivity contribution in [1.29, 1.82) is 0 Å². The summed E-state index contributed by atoms with van der Waals surface area (Å²) in [5.41, 5.74) is 10.4. The van der Waals surface area contributed by atoms with Crippen molar-refractivity contribution in [1.82, 2.24) is 10.4 Å². The summed E-state index contributed by atoms with van der Waals surface area (Å²) >= 11 is 0. The molecule has 0 aromatic carbocycles. The van der Waals surface area contributed by atoms with E-state index in [4.69, 9.17) is 5.73 Å². The molecule has 0 bridgehead atoms. The zero-order valence-electron chi connectivity index (χ0n) is 7.16. The third-order valence-corrected chi connectivity index (χ3v) is 2.30. The van der Waals surface area contributed by atoms with Crippen molar-refractivity contribution in [3.63, 3.8) is 0 Å². The van der Waals surface area contributed by atoms with Gasteiger partial charge in [0.1, 0.15) is 0 Å². The van der Waals surface area contributed by atoms with Gasteiger partial charge in [-0.05, 0) is 25.0 Å². The Morgan fingerprint density at radius 1 is 1.58 bits per heavy atom. The number of rotatable bonds is 2. The van der Waals surface area contributed by atoms with Crippen molar-refractivity contribution in [3.8, 4) is 0 Å². The monoisotopic (exact) mass is 165 g/mol. The highest BCUT2D eigenvalue weighted by atomic mass is 15.5. The van der Waals surface area contributed by atoms with Crippen LogP contribution in [-0.2, 0) is 0 Å². The minimum absolute atomic E-state index is 0.343. The molecule has 0 amide bonds. The Kier molecular flexibility index (Phi) is 2.15. The van der Waals surface area contributed by atoms with Crippen LogP contribution in [0.1, 0.15) is 12.8 Å². The first kappa shape index (κ1) is 7.83. The van der Waals surface area contributed by atoms with Crippen LogP contribution in [0.4, 0.5) is 0 Å². The molecule has 0 aromatic rings. The Morgan fingerprint density at radius 2 is 2.42 bits per heavy atom. The minimum atomic E-state index is 0.343. The number of hydrogen-bond donors (Lipinski definition) is 2. The second kappa shape index (κ2) is 3.29. The summed E-state index contributed by atoms with van der Waals surface area (Å²) in [4.78, 5) is 0. The van der Waals surface area contributed by atoms with Gasteiger partial charge in [-0.2, -0.15) is 0 Å². The molecular weight excluding hydrogens is 150 g/mol. The summed E-state index contributed by atoms with van der Waals surface area (Å²) in [5.74, 6) is 0. The lowest BCUT2D eigenvalue weighted by atomic mass is 10.1. The molecule has 3 N–H and O–H groups in total. The van der Waals surface area contributed by atoms with Crippen molar-refractivity contribution in [2.75, 3.05) is 13.1 Å². The summed E-state index contributed by atoms with van der Waals surface area (Å²) in [5, 5.41) is 2.20. The van der Waals surface area contributed by atoms with Gasteiger partial charge in [-0.25, -0.2) is 5.01 Å². The van der Waals surface area contributed by atoms with Gasteiger partial charge in [0.05, 0.1) is 0 Å². The molecule has 1 aliphatic heterocycles. The number of hydrogen-bond acceptors (Lipinski definition) is 3. The predicted octanol–water partition coefficient (Wildman–Crippen LogP) is 0.368.